The number of rotatable bonds is 2. The molecule has 2 aromatic rings. The van der Waals surface area contributed by atoms with Crippen molar-refractivity contribution in [3.05, 3.63) is 58.1 Å². The van der Waals surface area contributed by atoms with Crippen LogP contribution in [-0.2, 0) is 6.42 Å². The minimum Gasteiger partial charge on any atom is -0.261 e. The molecule has 0 atom stereocenters. The highest BCUT2D eigenvalue weighted by atomic mass is 16.6. The molecule has 0 unspecified atom stereocenters. The van der Waals surface area contributed by atoms with Crippen LogP contribution in [0.25, 0.3) is 11.1 Å². The summed E-state index contributed by atoms with van der Waals surface area (Å²) in [4.78, 5) is 14.9. The Kier molecular flexibility index (Phi) is 2.41. The summed E-state index contributed by atoms with van der Waals surface area (Å²) in [6.45, 7) is 0. The number of nitrogens with zero attached hydrogens (tertiary/aromatic N) is 2. The largest absolute Gasteiger partial charge is 0.277 e. The highest BCUT2D eigenvalue weighted by Crippen LogP contribution is 2.34. The van der Waals surface area contributed by atoms with Crippen LogP contribution >= 0.6 is 0 Å². The van der Waals surface area contributed by atoms with Crippen LogP contribution in [0.15, 0.2) is 47.5 Å². The Balaban J connectivity index is 2.15. The number of para-hydroxylation sites is 1. The van der Waals surface area contributed by atoms with Gasteiger partial charge in [-0.1, -0.05) is 24.3 Å². The van der Waals surface area contributed by atoms with Gasteiger partial charge >= 0.3 is 0 Å². The van der Waals surface area contributed by atoms with Crippen LogP contribution in [0.2, 0.25) is 0 Å². The Morgan fingerprint density at radius 2 is 2.00 bits per heavy atom. The lowest BCUT2D eigenvalue weighted by Gasteiger charge is -2.05. The van der Waals surface area contributed by atoms with Gasteiger partial charge in [0.25, 0.3) is 5.69 Å². The molecule has 0 spiro atoms. The van der Waals surface area contributed by atoms with Gasteiger partial charge in [-0.25, -0.2) is 0 Å². The van der Waals surface area contributed by atoms with Gasteiger partial charge in [-0.2, -0.15) is 0 Å². The quantitative estimate of drug-likeness (QED) is 0.593. The van der Waals surface area contributed by atoms with Gasteiger partial charge in [-0.05, 0) is 23.3 Å². The number of hydrogen-bond donors (Lipinski definition) is 0. The highest BCUT2D eigenvalue weighted by molar-refractivity contribution is 5.81. The molecule has 0 radical (unpaired) electrons. The van der Waals surface area contributed by atoms with Gasteiger partial charge in [-0.3, -0.25) is 15.1 Å². The number of fused-ring (bicyclic) bond motifs is 1. The summed E-state index contributed by atoms with van der Waals surface area (Å²) in [6.07, 6.45) is 2.69. The van der Waals surface area contributed by atoms with Crippen molar-refractivity contribution in [2.24, 2.45) is 4.99 Å². The Hall–Kier alpha value is -2.49. The standard InChI is InChI=1S/C14H10N2O2/c17-16(18)14-4-2-1-3-12(14)11-6-5-10-7-8-15-13(10)9-11/h1-6,8-9H,7H2. The van der Waals surface area contributed by atoms with Crippen LogP contribution in [-0.4, -0.2) is 11.1 Å². The second kappa shape index (κ2) is 4.07. The van der Waals surface area contributed by atoms with E-state index in [1.165, 1.54) is 6.07 Å². The molecule has 0 saturated heterocycles. The van der Waals surface area contributed by atoms with Gasteiger partial charge < -0.3 is 0 Å². The number of nitro groups is 1. The van der Waals surface area contributed by atoms with Crippen LogP contribution in [0.1, 0.15) is 5.56 Å². The van der Waals surface area contributed by atoms with Crippen molar-refractivity contribution in [2.45, 2.75) is 6.42 Å². The molecule has 1 heterocycles. The predicted molar refractivity (Wildman–Crippen MR) is 70.4 cm³/mol. The fourth-order valence-corrected chi connectivity index (χ4v) is 2.14. The highest BCUT2D eigenvalue weighted by Gasteiger charge is 2.15. The molecule has 0 amide bonds. The third kappa shape index (κ3) is 1.68. The van der Waals surface area contributed by atoms with Gasteiger partial charge in [0.05, 0.1) is 16.2 Å². The first-order chi connectivity index (χ1) is 8.75. The van der Waals surface area contributed by atoms with Crippen molar-refractivity contribution >= 4 is 17.6 Å². The Morgan fingerprint density at radius 1 is 1.17 bits per heavy atom. The zero-order valence-electron chi connectivity index (χ0n) is 9.54. The van der Waals surface area contributed by atoms with Crippen LogP contribution in [0, 0.1) is 10.1 Å². The predicted octanol–water partition coefficient (Wildman–Crippen LogP) is 3.52. The van der Waals surface area contributed by atoms with E-state index in [2.05, 4.69) is 4.99 Å². The molecule has 0 bridgehead atoms. The maximum Gasteiger partial charge on any atom is 0.277 e. The van der Waals surface area contributed by atoms with Gasteiger partial charge in [0, 0.05) is 18.7 Å². The third-order valence-electron chi connectivity index (χ3n) is 3.04. The van der Waals surface area contributed by atoms with Crippen molar-refractivity contribution in [3.63, 3.8) is 0 Å². The van der Waals surface area contributed by atoms with Crippen molar-refractivity contribution in [1.82, 2.24) is 0 Å². The minimum atomic E-state index is -0.355. The SMILES string of the molecule is O=[N+]([O-])c1ccccc1-c1ccc2c(c1)N=CC2. The van der Waals surface area contributed by atoms with E-state index in [9.17, 15) is 10.1 Å². The van der Waals surface area contributed by atoms with Crippen LogP contribution in [0.3, 0.4) is 0 Å². The average molecular weight is 238 g/mol. The summed E-state index contributed by atoms with van der Waals surface area (Å²) >= 11 is 0. The van der Waals surface area contributed by atoms with Crippen LogP contribution in [0.4, 0.5) is 11.4 Å². The van der Waals surface area contributed by atoms with Crippen molar-refractivity contribution in [3.8, 4) is 11.1 Å². The van der Waals surface area contributed by atoms with E-state index in [4.69, 9.17) is 0 Å². The summed E-state index contributed by atoms with van der Waals surface area (Å²) in [5.74, 6) is 0. The van der Waals surface area contributed by atoms with E-state index < -0.39 is 0 Å². The Labute approximate surface area is 104 Å². The first kappa shape index (κ1) is 10.7. The Morgan fingerprint density at radius 3 is 2.83 bits per heavy atom. The third-order valence-corrected chi connectivity index (χ3v) is 3.04. The topological polar surface area (TPSA) is 55.5 Å². The number of hydrogen-bond acceptors (Lipinski definition) is 3. The molecule has 0 fully saturated rings. The molecule has 0 saturated carbocycles. The molecular weight excluding hydrogens is 228 g/mol. The van der Waals surface area contributed by atoms with E-state index in [-0.39, 0.29) is 10.6 Å². The maximum atomic E-state index is 11.0. The smallest absolute Gasteiger partial charge is 0.261 e. The monoisotopic (exact) mass is 238 g/mol. The summed E-state index contributed by atoms with van der Waals surface area (Å²) in [6, 6.07) is 12.6. The average Bonchev–Trinajstić information content (AvgIpc) is 2.85. The van der Waals surface area contributed by atoms with Gasteiger partial charge in [0.1, 0.15) is 0 Å². The molecule has 3 rings (SSSR count). The molecule has 2 aromatic carbocycles. The molecule has 4 heteroatoms. The lowest BCUT2D eigenvalue weighted by atomic mass is 10.0. The van der Waals surface area contributed by atoms with Crippen molar-refractivity contribution < 1.29 is 4.92 Å². The summed E-state index contributed by atoms with van der Waals surface area (Å²) in [5, 5.41) is 11.0. The minimum absolute atomic E-state index is 0.124. The van der Waals surface area contributed by atoms with E-state index >= 15 is 0 Å². The number of aliphatic imine (C=N–C) groups is 1. The first-order valence-corrected chi connectivity index (χ1v) is 5.65. The molecule has 1 aliphatic heterocycles. The van der Waals surface area contributed by atoms with E-state index in [1.807, 2.05) is 24.4 Å². The molecule has 88 valence electrons. The fourth-order valence-electron chi connectivity index (χ4n) is 2.14. The molecule has 18 heavy (non-hydrogen) atoms. The van der Waals surface area contributed by atoms with E-state index in [0.717, 1.165) is 23.2 Å². The molecular formula is C14H10N2O2. The van der Waals surface area contributed by atoms with Gasteiger partial charge in [0.2, 0.25) is 0 Å². The van der Waals surface area contributed by atoms with Gasteiger partial charge in [-0.15, -0.1) is 0 Å². The maximum absolute atomic E-state index is 11.0. The van der Waals surface area contributed by atoms with Crippen molar-refractivity contribution in [2.75, 3.05) is 0 Å². The number of benzene rings is 2. The second-order valence-electron chi connectivity index (χ2n) is 4.13. The van der Waals surface area contributed by atoms with E-state index in [1.54, 1.807) is 18.2 Å². The Bertz CT molecular complexity index is 663. The molecule has 0 aromatic heterocycles. The second-order valence-corrected chi connectivity index (χ2v) is 4.13. The molecule has 0 N–H and O–H groups in total. The lowest BCUT2D eigenvalue weighted by Crippen LogP contribution is -1.91. The van der Waals surface area contributed by atoms with Crippen LogP contribution in [0.5, 0.6) is 0 Å². The normalized spacial score (nSPS) is 12.4. The summed E-state index contributed by atoms with van der Waals surface area (Å²) in [7, 11) is 0. The molecule has 1 aliphatic rings. The number of nitro benzene ring substituents is 1. The first-order valence-electron chi connectivity index (χ1n) is 5.65. The lowest BCUT2D eigenvalue weighted by molar-refractivity contribution is -0.384. The zero-order chi connectivity index (χ0) is 12.5. The summed E-state index contributed by atoms with van der Waals surface area (Å²) in [5.41, 5.74) is 3.66. The zero-order valence-corrected chi connectivity index (χ0v) is 9.54. The molecule has 4 nitrogen and oxygen atoms in total. The summed E-state index contributed by atoms with van der Waals surface area (Å²) < 4.78 is 0. The fraction of sp³-hybridized carbons (Fsp3) is 0.0714. The molecule has 0 aliphatic carbocycles. The van der Waals surface area contributed by atoms with Gasteiger partial charge in [0.15, 0.2) is 0 Å². The van der Waals surface area contributed by atoms with Crippen molar-refractivity contribution in [1.29, 1.82) is 0 Å². The van der Waals surface area contributed by atoms with E-state index in [0.29, 0.717) is 5.56 Å². The van der Waals surface area contributed by atoms with Crippen LogP contribution < -0.4 is 0 Å².